The predicted molar refractivity (Wildman–Crippen MR) is 82.1 cm³/mol. The Labute approximate surface area is 123 Å². The third-order valence-electron chi connectivity index (χ3n) is 4.32. The van der Waals surface area contributed by atoms with Crippen molar-refractivity contribution in [3.05, 3.63) is 34.6 Å². The van der Waals surface area contributed by atoms with Crippen molar-refractivity contribution in [2.24, 2.45) is 5.92 Å². The van der Waals surface area contributed by atoms with Gasteiger partial charge in [-0.3, -0.25) is 9.78 Å². The maximum atomic E-state index is 11.8. The molecule has 0 spiro atoms. The normalized spacial score (nSPS) is 18.0. The fraction of sp³-hybridized carbons (Fsp3) is 0.533. The second-order valence-corrected chi connectivity index (χ2v) is 5.64. The van der Waals surface area contributed by atoms with Gasteiger partial charge in [-0.2, -0.15) is 0 Å². The van der Waals surface area contributed by atoms with Crippen LogP contribution in [0.1, 0.15) is 25.5 Å². The van der Waals surface area contributed by atoms with Gasteiger partial charge < -0.3 is 15.6 Å². The van der Waals surface area contributed by atoms with Crippen LogP contribution < -0.4 is 16.2 Å². The van der Waals surface area contributed by atoms with Crippen molar-refractivity contribution in [3.8, 4) is 0 Å². The Morgan fingerprint density at radius 1 is 1.38 bits per heavy atom. The Bertz CT molecular complexity index is 662. The van der Waals surface area contributed by atoms with Crippen molar-refractivity contribution < 1.29 is 0 Å². The van der Waals surface area contributed by atoms with Crippen molar-refractivity contribution in [1.29, 1.82) is 0 Å². The zero-order chi connectivity index (χ0) is 14.7. The number of hydrogen-bond donors (Lipinski definition) is 3. The lowest BCUT2D eigenvalue weighted by molar-refractivity contribution is 0.292. The van der Waals surface area contributed by atoms with Gasteiger partial charge in [-0.15, -0.1) is 0 Å². The molecule has 0 amide bonds. The van der Waals surface area contributed by atoms with Crippen LogP contribution in [0.3, 0.4) is 0 Å². The van der Waals surface area contributed by atoms with Crippen LogP contribution in [0, 0.1) is 5.92 Å². The quantitative estimate of drug-likeness (QED) is 0.774. The van der Waals surface area contributed by atoms with E-state index in [-0.39, 0.29) is 5.56 Å². The summed E-state index contributed by atoms with van der Waals surface area (Å²) in [5.41, 5.74) is 1.40. The molecule has 0 saturated carbocycles. The maximum absolute atomic E-state index is 11.8. The molecule has 1 atom stereocenters. The summed E-state index contributed by atoms with van der Waals surface area (Å²) < 4.78 is 0. The molecular formula is C15H21N5O. The van der Waals surface area contributed by atoms with Gasteiger partial charge in [0, 0.05) is 18.8 Å². The molecule has 0 aliphatic carbocycles. The molecule has 0 aromatic carbocycles. The summed E-state index contributed by atoms with van der Waals surface area (Å²) in [7, 11) is 0. The molecule has 3 heterocycles. The second-order valence-electron chi connectivity index (χ2n) is 5.64. The van der Waals surface area contributed by atoms with Gasteiger partial charge in [-0.25, -0.2) is 4.98 Å². The third kappa shape index (κ3) is 3.11. The van der Waals surface area contributed by atoms with Gasteiger partial charge in [0.05, 0.1) is 17.4 Å². The molecule has 1 unspecified atom stereocenters. The molecule has 3 N–H and O–H groups in total. The van der Waals surface area contributed by atoms with Crippen LogP contribution in [-0.4, -0.2) is 34.1 Å². The molecule has 6 heteroatoms. The van der Waals surface area contributed by atoms with Crippen molar-refractivity contribution in [2.45, 2.75) is 32.4 Å². The van der Waals surface area contributed by atoms with Gasteiger partial charge in [-0.1, -0.05) is 0 Å². The number of nitrogens with one attached hydrogen (secondary N) is 3. The number of piperidine rings is 1. The summed E-state index contributed by atoms with van der Waals surface area (Å²) in [6.07, 6.45) is 5.52. The maximum Gasteiger partial charge on any atom is 0.258 e. The molecule has 0 bridgehead atoms. The molecule has 1 aliphatic rings. The topological polar surface area (TPSA) is 82.7 Å². The minimum Gasteiger partial charge on any atom is -0.317 e. The summed E-state index contributed by atoms with van der Waals surface area (Å²) in [6, 6.07) is 2.15. The highest BCUT2D eigenvalue weighted by Crippen LogP contribution is 2.17. The first-order chi connectivity index (χ1) is 10.3. The van der Waals surface area contributed by atoms with E-state index in [0.717, 1.165) is 18.8 Å². The van der Waals surface area contributed by atoms with E-state index in [2.05, 4.69) is 32.5 Å². The van der Waals surface area contributed by atoms with Crippen LogP contribution in [0.25, 0.3) is 10.9 Å². The highest BCUT2D eigenvalue weighted by molar-refractivity contribution is 5.78. The average molecular weight is 287 g/mol. The smallest absolute Gasteiger partial charge is 0.258 e. The van der Waals surface area contributed by atoms with Crippen LogP contribution in [0.5, 0.6) is 0 Å². The monoisotopic (exact) mass is 287 g/mol. The van der Waals surface area contributed by atoms with E-state index in [9.17, 15) is 4.79 Å². The molecule has 1 fully saturated rings. The van der Waals surface area contributed by atoms with Gasteiger partial charge in [-0.05, 0) is 44.8 Å². The zero-order valence-corrected chi connectivity index (χ0v) is 12.2. The number of fused-ring (bicyclic) bond motifs is 1. The van der Waals surface area contributed by atoms with E-state index in [4.69, 9.17) is 0 Å². The predicted octanol–water partition coefficient (Wildman–Crippen LogP) is 0.796. The first-order valence-electron chi connectivity index (χ1n) is 7.51. The van der Waals surface area contributed by atoms with Crippen molar-refractivity contribution in [2.75, 3.05) is 13.1 Å². The van der Waals surface area contributed by atoms with Crippen LogP contribution in [0.4, 0.5) is 0 Å². The van der Waals surface area contributed by atoms with Crippen LogP contribution in [0.2, 0.25) is 0 Å². The molecule has 21 heavy (non-hydrogen) atoms. The number of hydrogen-bond acceptors (Lipinski definition) is 5. The summed E-state index contributed by atoms with van der Waals surface area (Å²) in [5, 5.41) is 7.52. The van der Waals surface area contributed by atoms with Crippen molar-refractivity contribution >= 4 is 10.9 Å². The van der Waals surface area contributed by atoms with E-state index in [1.165, 1.54) is 19.2 Å². The summed E-state index contributed by atoms with van der Waals surface area (Å²) in [6.45, 7) is 5.06. The minimum absolute atomic E-state index is 0.116. The second kappa shape index (κ2) is 6.32. The zero-order valence-electron chi connectivity index (χ0n) is 12.2. The minimum atomic E-state index is -0.116. The SMILES string of the molecule is CC(NCc1nccc2c(=O)[nH]cnc12)C1CCNCC1. The molecule has 3 rings (SSSR count). The third-order valence-corrected chi connectivity index (χ3v) is 4.32. The highest BCUT2D eigenvalue weighted by atomic mass is 16.1. The molecular weight excluding hydrogens is 266 g/mol. The molecule has 1 saturated heterocycles. The van der Waals surface area contributed by atoms with E-state index in [1.54, 1.807) is 12.3 Å². The summed E-state index contributed by atoms with van der Waals surface area (Å²) in [5.74, 6) is 0.692. The lowest BCUT2D eigenvalue weighted by atomic mass is 9.91. The van der Waals surface area contributed by atoms with Crippen LogP contribution in [0.15, 0.2) is 23.4 Å². The Morgan fingerprint density at radius 3 is 3.00 bits per heavy atom. The number of aromatic amines is 1. The Morgan fingerprint density at radius 2 is 2.19 bits per heavy atom. The lowest BCUT2D eigenvalue weighted by Gasteiger charge is -2.28. The molecule has 6 nitrogen and oxygen atoms in total. The Kier molecular flexibility index (Phi) is 4.26. The number of nitrogens with zero attached hydrogens (tertiary/aromatic N) is 2. The number of pyridine rings is 1. The summed E-state index contributed by atoms with van der Waals surface area (Å²) in [4.78, 5) is 23.0. The average Bonchev–Trinajstić information content (AvgIpc) is 2.54. The van der Waals surface area contributed by atoms with Gasteiger partial charge in [0.15, 0.2) is 0 Å². The van der Waals surface area contributed by atoms with E-state index >= 15 is 0 Å². The number of H-pyrrole nitrogens is 1. The van der Waals surface area contributed by atoms with E-state index in [0.29, 0.717) is 29.4 Å². The van der Waals surface area contributed by atoms with Crippen LogP contribution in [-0.2, 0) is 6.54 Å². The fourth-order valence-electron chi connectivity index (χ4n) is 2.96. The highest BCUT2D eigenvalue weighted by Gasteiger charge is 2.19. The molecule has 0 radical (unpaired) electrons. The Hall–Kier alpha value is -1.79. The lowest BCUT2D eigenvalue weighted by Crippen LogP contribution is -2.39. The van der Waals surface area contributed by atoms with Crippen molar-refractivity contribution in [3.63, 3.8) is 0 Å². The number of aromatic nitrogens is 3. The van der Waals surface area contributed by atoms with E-state index < -0.39 is 0 Å². The Balaban J connectivity index is 1.73. The summed E-state index contributed by atoms with van der Waals surface area (Å²) >= 11 is 0. The first-order valence-corrected chi connectivity index (χ1v) is 7.51. The van der Waals surface area contributed by atoms with Gasteiger partial charge in [0.25, 0.3) is 5.56 Å². The number of rotatable bonds is 4. The van der Waals surface area contributed by atoms with Gasteiger partial charge in [0.1, 0.15) is 5.52 Å². The fourth-order valence-corrected chi connectivity index (χ4v) is 2.96. The van der Waals surface area contributed by atoms with Gasteiger partial charge in [0.2, 0.25) is 0 Å². The van der Waals surface area contributed by atoms with Crippen LogP contribution >= 0.6 is 0 Å². The molecule has 112 valence electrons. The van der Waals surface area contributed by atoms with Crippen molar-refractivity contribution in [1.82, 2.24) is 25.6 Å². The first kappa shape index (κ1) is 14.2. The largest absolute Gasteiger partial charge is 0.317 e. The molecule has 2 aromatic heterocycles. The van der Waals surface area contributed by atoms with Gasteiger partial charge >= 0.3 is 0 Å². The standard InChI is InChI=1S/C15H21N5O/c1-10(11-2-5-16-6-3-11)18-8-13-14-12(4-7-17-13)15(21)20-9-19-14/h4,7,9-11,16,18H,2-3,5-6,8H2,1H3,(H,19,20,21). The van der Waals surface area contributed by atoms with E-state index in [1.807, 2.05) is 0 Å². The molecule has 1 aliphatic heterocycles. The molecule has 2 aromatic rings.